The van der Waals surface area contributed by atoms with Crippen LogP contribution >= 0.6 is 0 Å². The molecule has 0 aliphatic heterocycles. The highest BCUT2D eigenvalue weighted by atomic mass is 16.3. The molecule has 11 heavy (non-hydrogen) atoms. The second-order valence-corrected chi connectivity index (χ2v) is 3.50. The Kier molecular flexibility index (Phi) is 2.50. The molecule has 0 fully saturated rings. The molecule has 2 atom stereocenters. The topological polar surface area (TPSA) is 20.2 Å². The van der Waals surface area contributed by atoms with Crippen LogP contribution in [-0.4, -0.2) is 11.2 Å². The van der Waals surface area contributed by atoms with E-state index in [4.69, 9.17) is 0 Å². The zero-order valence-corrected chi connectivity index (χ0v) is 7.30. The van der Waals surface area contributed by atoms with Crippen molar-refractivity contribution in [3.63, 3.8) is 0 Å². The second kappa shape index (κ2) is 3.22. The molecule has 0 spiro atoms. The Bertz CT molecular complexity index is 191. The van der Waals surface area contributed by atoms with Crippen LogP contribution in [0.15, 0.2) is 23.8 Å². The van der Waals surface area contributed by atoms with E-state index >= 15 is 0 Å². The second-order valence-electron chi connectivity index (χ2n) is 3.50. The zero-order valence-electron chi connectivity index (χ0n) is 7.30. The maximum absolute atomic E-state index is 9.57. The van der Waals surface area contributed by atoms with E-state index in [2.05, 4.69) is 13.5 Å². The first-order chi connectivity index (χ1) is 5.11. The fourth-order valence-corrected chi connectivity index (χ4v) is 1.58. The predicted molar refractivity (Wildman–Crippen MR) is 47.3 cm³/mol. The molecule has 0 aromatic rings. The minimum atomic E-state index is -0.291. The Morgan fingerprint density at radius 1 is 1.73 bits per heavy atom. The molecule has 0 bridgehead atoms. The summed E-state index contributed by atoms with van der Waals surface area (Å²) in [5.74, 6) is 0.290. The summed E-state index contributed by atoms with van der Waals surface area (Å²) < 4.78 is 0. The number of rotatable bonds is 1. The van der Waals surface area contributed by atoms with Gasteiger partial charge >= 0.3 is 0 Å². The lowest BCUT2D eigenvalue weighted by Gasteiger charge is -2.25. The van der Waals surface area contributed by atoms with Gasteiger partial charge in [-0.25, -0.2) is 0 Å². The number of aliphatic hydroxyl groups is 1. The van der Waals surface area contributed by atoms with E-state index in [0.717, 1.165) is 18.4 Å². The summed E-state index contributed by atoms with van der Waals surface area (Å²) in [7, 11) is 0. The lowest BCUT2D eigenvalue weighted by molar-refractivity contribution is 0.157. The van der Waals surface area contributed by atoms with Gasteiger partial charge in [-0.15, -0.1) is 0 Å². The van der Waals surface area contributed by atoms with Gasteiger partial charge in [0, 0.05) is 5.92 Å². The Morgan fingerprint density at radius 2 is 2.36 bits per heavy atom. The van der Waals surface area contributed by atoms with Crippen LogP contribution in [0, 0.1) is 5.92 Å². The van der Waals surface area contributed by atoms with Crippen molar-refractivity contribution in [2.45, 2.75) is 32.8 Å². The van der Waals surface area contributed by atoms with E-state index in [1.54, 1.807) is 0 Å². The van der Waals surface area contributed by atoms with Crippen molar-refractivity contribution in [1.82, 2.24) is 0 Å². The third kappa shape index (κ3) is 1.93. The summed E-state index contributed by atoms with van der Waals surface area (Å²) in [6.07, 6.45) is 3.82. The number of aliphatic hydroxyl groups excluding tert-OH is 1. The summed E-state index contributed by atoms with van der Waals surface area (Å²) in [6.45, 7) is 7.92. The van der Waals surface area contributed by atoms with E-state index < -0.39 is 0 Å². The first kappa shape index (κ1) is 8.54. The van der Waals surface area contributed by atoms with Crippen LogP contribution in [0.4, 0.5) is 0 Å². The standard InChI is InChI=1S/C10H16O/c1-7(2)9-5-4-8(3)6-10(9)11/h6,9-11H,1,4-5H2,2-3H3/t9-,10+/m0/s1. The van der Waals surface area contributed by atoms with Gasteiger partial charge in [0.15, 0.2) is 0 Å². The van der Waals surface area contributed by atoms with Crippen LogP contribution in [0.3, 0.4) is 0 Å². The Morgan fingerprint density at radius 3 is 2.82 bits per heavy atom. The van der Waals surface area contributed by atoms with Crippen LogP contribution in [0.2, 0.25) is 0 Å². The van der Waals surface area contributed by atoms with Crippen LogP contribution in [-0.2, 0) is 0 Å². The van der Waals surface area contributed by atoms with Crippen LogP contribution in [0.5, 0.6) is 0 Å². The molecule has 62 valence electrons. The van der Waals surface area contributed by atoms with E-state index in [9.17, 15) is 5.11 Å². The van der Waals surface area contributed by atoms with Gasteiger partial charge in [-0.05, 0) is 26.7 Å². The quantitative estimate of drug-likeness (QED) is 0.571. The molecule has 1 aliphatic rings. The maximum Gasteiger partial charge on any atom is 0.0788 e. The lowest BCUT2D eigenvalue weighted by atomic mass is 9.84. The van der Waals surface area contributed by atoms with Crippen molar-refractivity contribution in [2.75, 3.05) is 0 Å². The Hall–Kier alpha value is -0.560. The van der Waals surface area contributed by atoms with E-state index in [-0.39, 0.29) is 6.10 Å². The van der Waals surface area contributed by atoms with Gasteiger partial charge < -0.3 is 5.11 Å². The normalized spacial score (nSPS) is 31.4. The van der Waals surface area contributed by atoms with Crippen LogP contribution in [0.25, 0.3) is 0 Å². The van der Waals surface area contributed by atoms with Crippen molar-refractivity contribution in [3.05, 3.63) is 23.8 Å². The average Bonchev–Trinajstić information content (AvgIpc) is 1.85. The first-order valence-corrected chi connectivity index (χ1v) is 4.12. The maximum atomic E-state index is 9.57. The number of hydrogen-bond donors (Lipinski definition) is 1. The molecule has 1 nitrogen and oxygen atoms in total. The fraction of sp³-hybridized carbons (Fsp3) is 0.600. The highest BCUT2D eigenvalue weighted by Gasteiger charge is 2.21. The van der Waals surface area contributed by atoms with E-state index in [0.29, 0.717) is 5.92 Å². The van der Waals surface area contributed by atoms with Crippen molar-refractivity contribution in [1.29, 1.82) is 0 Å². The molecular weight excluding hydrogens is 136 g/mol. The Balaban J connectivity index is 2.68. The van der Waals surface area contributed by atoms with Gasteiger partial charge in [-0.2, -0.15) is 0 Å². The third-order valence-electron chi connectivity index (χ3n) is 2.35. The molecule has 0 unspecified atom stereocenters. The minimum Gasteiger partial charge on any atom is -0.388 e. The van der Waals surface area contributed by atoms with Gasteiger partial charge in [-0.3, -0.25) is 0 Å². The summed E-state index contributed by atoms with van der Waals surface area (Å²) in [5.41, 5.74) is 2.40. The van der Waals surface area contributed by atoms with Crippen molar-refractivity contribution < 1.29 is 5.11 Å². The van der Waals surface area contributed by atoms with E-state index in [1.807, 2.05) is 13.0 Å². The first-order valence-electron chi connectivity index (χ1n) is 4.12. The molecule has 0 amide bonds. The van der Waals surface area contributed by atoms with Crippen molar-refractivity contribution in [3.8, 4) is 0 Å². The van der Waals surface area contributed by atoms with Gasteiger partial charge in [-0.1, -0.05) is 23.8 Å². The highest BCUT2D eigenvalue weighted by molar-refractivity contribution is 5.14. The summed E-state index contributed by atoms with van der Waals surface area (Å²) in [4.78, 5) is 0. The number of allylic oxidation sites excluding steroid dienone is 1. The highest BCUT2D eigenvalue weighted by Crippen LogP contribution is 2.27. The molecular formula is C10H16O. The van der Waals surface area contributed by atoms with Crippen LogP contribution in [0.1, 0.15) is 26.7 Å². The van der Waals surface area contributed by atoms with Gasteiger partial charge in [0.1, 0.15) is 0 Å². The molecule has 0 aromatic heterocycles. The van der Waals surface area contributed by atoms with Crippen molar-refractivity contribution in [2.24, 2.45) is 5.92 Å². The van der Waals surface area contributed by atoms with Gasteiger partial charge in [0.05, 0.1) is 6.10 Å². The molecule has 1 N–H and O–H groups in total. The molecule has 0 aromatic carbocycles. The summed E-state index contributed by atoms with van der Waals surface area (Å²) in [6, 6.07) is 0. The fourth-order valence-electron chi connectivity index (χ4n) is 1.58. The molecule has 0 saturated heterocycles. The summed E-state index contributed by atoms with van der Waals surface area (Å²) in [5, 5.41) is 9.57. The minimum absolute atomic E-state index is 0.290. The average molecular weight is 152 g/mol. The summed E-state index contributed by atoms with van der Waals surface area (Å²) >= 11 is 0. The van der Waals surface area contributed by atoms with Crippen molar-refractivity contribution >= 4 is 0 Å². The lowest BCUT2D eigenvalue weighted by Crippen LogP contribution is -2.22. The predicted octanol–water partition coefficient (Wildman–Crippen LogP) is 2.28. The molecule has 1 heteroatoms. The van der Waals surface area contributed by atoms with Crippen LogP contribution < -0.4 is 0 Å². The monoisotopic (exact) mass is 152 g/mol. The molecule has 1 aliphatic carbocycles. The number of hydrogen-bond acceptors (Lipinski definition) is 1. The van der Waals surface area contributed by atoms with Gasteiger partial charge in [0.25, 0.3) is 0 Å². The SMILES string of the molecule is C=C(C)[C@@H]1CCC(C)=C[C@H]1O. The molecule has 0 radical (unpaired) electrons. The largest absolute Gasteiger partial charge is 0.388 e. The zero-order chi connectivity index (χ0) is 8.43. The molecule has 0 heterocycles. The van der Waals surface area contributed by atoms with Gasteiger partial charge in [0.2, 0.25) is 0 Å². The smallest absolute Gasteiger partial charge is 0.0788 e. The third-order valence-corrected chi connectivity index (χ3v) is 2.35. The molecule has 1 rings (SSSR count). The Labute approximate surface area is 68.4 Å². The van der Waals surface area contributed by atoms with E-state index in [1.165, 1.54) is 5.57 Å². The molecule has 0 saturated carbocycles.